The minimum absolute atomic E-state index is 0.204. The fourth-order valence-corrected chi connectivity index (χ4v) is 2.71. The molecule has 1 N–H and O–H groups in total. The summed E-state index contributed by atoms with van der Waals surface area (Å²) < 4.78 is 12.8. The Bertz CT molecular complexity index is 342. The van der Waals surface area contributed by atoms with Gasteiger partial charge in [-0.3, -0.25) is 4.98 Å². The van der Waals surface area contributed by atoms with E-state index in [0.717, 1.165) is 5.69 Å². The molecule has 1 fully saturated rings. The Balaban J connectivity index is 1.88. The molecule has 0 radical (unpaired) electrons. The molecule has 1 aromatic rings. The second kappa shape index (κ2) is 6.83. The molecule has 0 bridgehead atoms. The average Bonchev–Trinajstić information content (AvgIpc) is 2.33. The Morgan fingerprint density at radius 1 is 1.17 bits per heavy atom. The number of hydrogen-bond acceptors (Lipinski definition) is 2. The first-order chi connectivity index (χ1) is 8.75. The van der Waals surface area contributed by atoms with Crippen LogP contribution in [0.15, 0.2) is 18.3 Å². The lowest BCUT2D eigenvalue weighted by Crippen LogP contribution is -2.32. The van der Waals surface area contributed by atoms with Crippen LogP contribution in [0, 0.1) is 5.82 Å². The summed E-state index contributed by atoms with van der Waals surface area (Å²) in [5.41, 5.74) is 0.929. The van der Waals surface area contributed by atoms with E-state index in [4.69, 9.17) is 0 Å². The van der Waals surface area contributed by atoms with E-state index in [1.54, 1.807) is 6.07 Å². The molecular weight excluding hydrogens is 227 g/mol. The van der Waals surface area contributed by atoms with Crippen molar-refractivity contribution in [3.05, 3.63) is 29.8 Å². The molecule has 0 aliphatic heterocycles. The van der Waals surface area contributed by atoms with Crippen LogP contribution in [-0.4, -0.2) is 11.0 Å². The summed E-state index contributed by atoms with van der Waals surface area (Å²) in [7, 11) is 0. The highest BCUT2D eigenvalue weighted by atomic mass is 19.1. The first-order valence-electron chi connectivity index (χ1n) is 7.13. The molecule has 0 amide bonds. The largest absolute Gasteiger partial charge is 0.306 e. The predicted molar refractivity (Wildman–Crippen MR) is 71.9 cm³/mol. The van der Waals surface area contributed by atoms with Crippen molar-refractivity contribution in [1.82, 2.24) is 10.3 Å². The van der Waals surface area contributed by atoms with E-state index in [2.05, 4.69) is 17.2 Å². The quantitative estimate of drug-likeness (QED) is 0.877. The zero-order valence-electron chi connectivity index (χ0n) is 11.2. The predicted octanol–water partition coefficient (Wildman–Crippen LogP) is 3.98. The lowest BCUT2D eigenvalue weighted by molar-refractivity contribution is 0.360. The first kappa shape index (κ1) is 13.5. The second-order valence-electron chi connectivity index (χ2n) is 5.33. The zero-order chi connectivity index (χ0) is 12.8. The molecule has 1 aromatic heterocycles. The molecule has 1 unspecified atom stereocenters. The zero-order valence-corrected chi connectivity index (χ0v) is 11.2. The normalized spacial score (nSPS) is 20.1. The van der Waals surface area contributed by atoms with Gasteiger partial charge in [-0.2, -0.15) is 0 Å². The molecule has 2 nitrogen and oxygen atoms in total. The van der Waals surface area contributed by atoms with Gasteiger partial charge in [-0.15, -0.1) is 0 Å². The van der Waals surface area contributed by atoms with E-state index >= 15 is 0 Å². The molecule has 0 spiro atoms. The fourth-order valence-electron chi connectivity index (χ4n) is 2.71. The topological polar surface area (TPSA) is 24.9 Å². The van der Waals surface area contributed by atoms with Gasteiger partial charge in [0.1, 0.15) is 5.82 Å². The molecule has 100 valence electrons. The highest BCUT2D eigenvalue weighted by Crippen LogP contribution is 2.20. The number of halogens is 1. The molecule has 3 heteroatoms. The standard InChI is InChI=1S/C15H23FN2/c1-12(15-10-9-13(16)11-17-15)18-14-7-5-3-2-4-6-8-14/h9-12,14,18H,2-8H2,1H3. The van der Waals surface area contributed by atoms with Crippen molar-refractivity contribution >= 4 is 0 Å². The van der Waals surface area contributed by atoms with Gasteiger partial charge >= 0.3 is 0 Å². The maximum atomic E-state index is 12.8. The van der Waals surface area contributed by atoms with Crippen molar-refractivity contribution in [3.63, 3.8) is 0 Å². The summed E-state index contributed by atoms with van der Waals surface area (Å²) in [6, 6.07) is 4.05. The molecule has 1 heterocycles. The van der Waals surface area contributed by atoms with Crippen LogP contribution < -0.4 is 5.32 Å². The van der Waals surface area contributed by atoms with Gasteiger partial charge < -0.3 is 5.32 Å². The van der Waals surface area contributed by atoms with Crippen LogP contribution in [0.4, 0.5) is 4.39 Å². The first-order valence-corrected chi connectivity index (χ1v) is 7.13. The maximum absolute atomic E-state index is 12.8. The van der Waals surface area contributed by atoms with E-state index in [-0.39, 0.29) is 11.9 Å². The number of aromatic nitrogens is 1. The van der Waals surface area contributed by atoms with Gasteiger partial charge in [-0.05, 0) is 31.9 Å². The summed E-state index contributed by atoms with van der Waals surface area (Å²) in [4.78, 5) is 4.15. The van der Waals surface area contributed by atoms with Gasteiger partial charge in [0.25, 0.3) is 0 Å². The van der Waals surface area contributed by atoms with Crippen LogP contribution in [0.3, 0.4) is 0 Å². The van der Waals surface area contributed by atoms with E-state index in [1.807, 2.05) is 0 Å². The molecule has 1 aliphatic rings. The number of nitrogens with one attached hydrogen (secondary N) is 1. The Morgan fingerprint density at radius 2 is 1.83 bits per heavy atom. The number of hydrogen-bond donors (Lipinski definition) is 1. The average molecular weight is 250 g/mol. The lowest BCUT2D eigenvalue weighted by Gasteiger charge is -2.24. The molecule has 0 aromatic carbocycles. The third-order valence-electron chi connectivity index (χ3n) is 3.78. The molecular formula is C15H23FN2. The van der Waals surface area contributed by atoms with Crippen molar-refractivity contribution in [1.29, 1.82) is 0 Å². The van der Waals surface area contributed by atoms with Gasteiger partial charge in [0.2, 0.25) is 0 Å². The van der Waals surface area contributed by atoms with Crippen molar-refractivity contribution < 1.29 is 4.39 Å². The summed E-state index contributed by atoms with van der Waals surface area (Å²) in [5, 5.41) is 3.64. The van der Waals surface area contributed by atoms with Crippen LogP contribution in [0.5, 0.6) is 0 Å². The van der Waals surface area contributed by atoms with Gasteiger partial charge in [-0.1, -0.05) is 32.1 Å². The van der Waals surface area contributed by atoms with E-state index in [9.17, 15) is 4.39 Å². The monoisotopic (exact) mass is 250 g/mol. The number of nitrogens with zero attached hydrogens (tertiary/aromatic N) is 1. The van der Waals surface area contributed by atoms with Gasteiger partial charge in [0.05, 0.1) is 11.9 Å². The summed E-state index contributed by atoms with van der Waals surface area (Å²) in [5.74, 6) is -0.267. The Hall–Kier alpha value is -0.960. The lowest BCUT2D eigenvalue weighted by atomic mass is 9.96. The Morgan fingerprint density at radius 3 is 2.44 bits per heavy atom. The fraction of sp³-hybridized carbons (Fsp3) is 0.667. The van der Waals surface area contributed by atoms with E-state index in [0.29, 0.717) is 6.04 Å². The summed E-state index contributed by atoms with van der Waals surface area (Å²) in [6.45, 7) is 2.11. The molecule has 0 saturated heterocycles. The maximum Gasteiger partial charge on any atom is 0.141 e. The second-order valence-corrected chi connectivity index (χ2v) is 5.33. The van der Waals surface area contributed by atoms with Gasteiger partial charge in [0, 0.05) is 12.1 Å². The SMILES string of the molecule is CC(NC1CCCCCCC1)c1ccc(F)cn1. The minimum Gasteiger partial charge on any atom is -0.306 e. The molecule has 2 rings (SSSR count). The molecule has 1 aliphatic carbocycles. The number of pyridine rings is 1. The van der Waals surface area contributed by atoms with Crippen LogP contribution in [-0.2, 0) is 0 Å². The molecule has 18 heavy (non-hydrogen) atoms. The van der Waals surface area contributed by atoms with E-state index < -0.39 is 0 Å². The third kappa shape index (κ3) is 4.05. The third-order valence-corrected chi connectivity index (χ3v) is 3.78. The van der Waals surface area contributed by atoms with Crippen LogP contribution in [0.25, 0.3) is 0 Å². The molecule has 1 atom stereocenters. The minimum atomic E-state index is -0.267. The van der Waals surface area contributed by atoms with Crippen LogP contribution >= 0.6 is 0 Å². The summed E-state index contributed by atoms with van der Waals surface area (Å²) >= 11 is 0. The Kier molecular flexibility index (Phi) is 5.12. The van der Waals surface area contributed by atoms with Crippen LogP contribution in [0.2, 0.25) is 0 Å². The molecule has 1 saturated carbocycles. The van der Waals surface area contributed by atoms with Crippen molar-refractivity contribution in [2.75, 3.05) is 0 Å². The van der Waals surface area contributed by atoms with Gasteiger partial charge in [-0.25, -0.2) is 4.39 Å². The summed E-state index contributed by atoms with van der Waals surface area (Å²) in [6.07, 6.45) is 10.6. The van der Waals surface area contributed by atoms with Crippen molar-refractivity contribution in [3.8, 4) is 0 Å². The van der Waals surface area contributed by atoms with Gasteiger partial charge in [0.15, 0.2) is 0 Å². The van der Waals surface area contributed by atoms with E-state index in [1.165, 1.54) is 57.2 Å². The highest BCUT2D eigenvalue weighted by molar-refractivity contribution is 5.09. The Labute approximate surface area is 109 Å². The van der Waals surface area contributed by atoms with Crippen molar-refractivity contribution in [2.24, 2.45) is 0 Å². The number of rotatable bonds is 3. The highest BCUT2D eigenvalue weighted by Gasteiger charge is 2.15. The van der Waals surface area contributed by atoms with Crippen LogP contribution in [0.1, 0.15) is 63.6 Å². The smallest absolute Gasteiger partial charge is 0.141 e. The van der Waals surface area contributed by atoms with Crippen molar-refractivity contribution in [2.45, 2.75) is 64.0 Å².